The molecule has 0 aromatic heterocycles. The van der Waals surface area contributed by atoms with Gasteiger partial charge in [0, 0.05) is 17.5 Å². The summed E-state index contributed by atoms with van der Waals surface area (Å²) in [5.41, 5.74) is 2.33. The van der Waals surface area contributed by atoms with Gasteiger partial charge < -0.3 is 19.3 Å². The van der Waals surface area contributed by atoms with Gasteiger partial charge >= 0.3 is 5.97 Å². The van der Waals surface area contributed by atoms with E-state index in [2.05, 4.69) is 0 Å². The molecule has 0 amide bonds. The number of carboxylic acid groups (broad SMARTS) is 1. The Bertz CT molecular complexity index is 1050. The third kappa shape index (κ3) is 3.61. The zero-order valence-corrected chi connectivity index (χ0v) is 19.1. The molecule has 6 nitrogen and oxygen atoms in total. The number of hydrogen-bond donors (Lipinski definition) is 1. The number of methoxy groups -OCH3 is 2. The molecule has 32 heavy (non-hydrogen) atoms. The number of Topliss-reactive ketones (excluding diaryl/α,β-unsaturated/α-hetero) is 1. The van der Waals surface area contributed by atoms with E-state index in [9.17, 15) is 14.7 Å². The van der Waals surface area contributed by atoms with Crippen molar-refractivity contribution in [1.82, 2.24) is 0 Å². The molecule has 2 aliphatic carbocycles. The summed E-state index contributed by atoms with van der Waals surface area (Å²) < 4.78 is 17.8. The molecule has 2 aliphatic rings. The number of carbonyl (C=O) groups excluding carboxylic acids is 1. The van der Waals surface area contributed by atoms with Gasteiger partial charge in [0.15, 0.2) is 17.3 Å². The number of rotatable bonds is 8. The van der Waals surface area contributed by atoms with Crippen LogP contribution >= 0.6 is 0 Å². The van der Waals surface area contributed by atoms with Crippen molar-refractivity contribution in [3.63, 3.8) is 0 Å². The van der Waals surface area contributed by atoms with Gasteiger partial charge in [-0.15, -0.1) is 0 Å². The number of carbonyl (C=O) groups is 2. The van der Waals surface area contributed by atoms with E-state index in [1.54, 1.807) is 28.1 Å². The highest BCUT2D eigenvalue weighted by molar-refractivity contribution is 6.02. The van der Waals surface area contributed by atoms with Crippen LogP contribution in [0.1, 0.15) is 55.5 Å². The summed E-state index contributed by atoms with van der Waals surface area (Å²) in [5.74, 6) is 0.791. The molecule has 2 aromatic rings. The fourth-order valence-corrected chi connectivity index (χ4v) is 4.79. The van der Waals surface area contributed by atoms with Crippen LogP contribution in [0.5, 0.6) is 17.2 Å². The van der Waals surface area contributed by atoms with Crippen LogP contribution in [-0.4, -0.2) is 37.2 Å². The summed E-state index contributed by atoms with van der Waals surface area (Å²) in [6, 6.07) is 9.44. The van der Waals surface area contributed by atoms with Crippen molar-refractivity contribution in [2.45, 2.75) is 52.1 Å². The van der Waals surface area contributed by atoms with E-state index in [0.29, 0.717) is 30.1 Å². The standard InChI is InChI=1S/C26H30O6/c1-26(2,25(28)29)24(15-7-5-8-15)32-22-19(12-14-21(30-3)23(22)31-4)16-9-6-10-18-17(16)11-13-20(18)27/h6,9-10,12,14-15,24H,5,7-8,11,13H2,1-4H3,(H,28,29). The maximum absolute atomic E-state index is 12.3. The van der Waals surface area contributed by atoms with Crippen LogP contribution in [0.15, 0.2) is 30.3 Å². The smallest absolute Gasteiger partial charge is 0.312 e. The molecule has 0 heterocycles. The molecule has 1 atom stereocenters. The summed E-state index contributed by atoms with van der Waals surface area (Å²) in [6.45, 7) is 3.42. The molecule has 6 heteroatoms. The molecular formula is C26H30O6. The minimum Gasteiger partial charge on any atom is -0.493 e. The molecule has 0 saturated heterocycles. The zero-order chi connectivity index (χ0) is 23.0. The first-order valence-electron chi connectivity index (χ1n) is 11.1. The summed E-state index contributed by atoms with van der Waals surface area (Å²) in [4.78, 5) is 24.5. The molecule has 0 aliphatic heterocycles. The number of benzene rings is 2. The van der Waals surface area contributed by atoms with Gasteiger partial charge in [0.25, 0.3) is 0 Å². The predicted molar refractivity (Wildman–Crippen MR) is 121 cm³/mol. The summed E-state index contributed by atoms with van der Waals surface area (Å²) in [6.07, 6.45) is 3.55. The highest BCUT2D eigenvalue weighted by atomic mass is 16.5. The molecular weight excluding hydrogens is 408 g/mol. The third-order valence-electron chi connectivity index (χ3n) is 6.95. The molecule has 170 valence electrons. The molecule has 1 unspecified atom stereocenters. The maximum Gasteiger partial charge on any atom is 0.312 e. The Morgan fingerprint density at radius 2 is 1.72 bits per heavy atom. The molecule has 0 radical (unpaired) electrons. The van der Waals surface area contributed by atoms with Crippen LogP contribution in [0.2, 0.25) is 0 Å². The molecule has 2 aromatic carbocycles. The fraction of sp³-hybridized carbons (Fsp3) is 0.462. The first kappa shape index (κ1) is 22.2. The van der Waals surface area contributed by atoms with E-state index >= 15 is 0 Å². The van der Waals surface area contributed by atoms with Crippen molar-refractivity contribution in [2.75, 3.05) is 14.2 Å². The first-order valence-corrected chi connectivity index (χ1v) is 11.1. The minimum atomic E-state index is -1.09. The predicted octanol–water partition coefficient (Wildman–Crippen LogP) is 5.16. The Labute approximate surface area is 188 Å². The van der Waals surface area contributed by atoms with Crippen molar-refractivity contribution in [1.29, 1.82) is 0 Å². The second kappa shape index (κ2) is 8.49. The van der Waals surface area contributed by atoms with Crippen LogP contribution in [0.25, 0.3) is 11.1 Å². The van der Waals surface area contributed by atoms with Crippen LogP contribution < -0.4 is 14.2 Å². The largest absolute Gasteiger partial charge is 0.493 e. The SMILES string of the molecule is COc1ccc(-c2cccc3c2CCC3=O)c(OC(C2CCC2)C(C)(C)C(=O)O)c1OC. The number of aliphatic carboxylic acids is 1. The number of fused-ring (bicyclic) bond motifs is 1. The Kier molecular flexibility index (Phi) is 5.89. The lowest BCUT2D eigenvalue weighted by Gasteiger charge is -2.41. The van der Waals surface area contributed by atoms with Gasteiger partial charge in [-0.1, -0.05) is 24.6 Å². The van der Waals surface area contributed by atoms with E-state index in [1.165, 1.54) is 0 Å². The van der Waals surface area contributed by atoms with Crippen LogP contribution in [0.3, 0.4) is 0 Å². The van der Waals surface area contributed by atoms with E-state index in [4.69, 9.17) is 14.2 Å². The quantitative estimate of drug-likeness (QED) is 0.613. The van der Waals surface area contributed by atoms with Gasteiger partial charge in [-0.2, -0.15) is 0 Å². The fourth-order valence-electron chi connectivity index (χ4n) is 4.79. The monoisotopic (exact) mass is 438 g/mol. The summed E-state index contributed by atoms with van der Waals surface area (Å²) >= 11 is 0. The maximum atomic E-state index is 12.3. The lowest BCUT2D eigenvalue weighted by atomic mass is 9.70. The summed E-state index contributed by atoms with van der Waals surface area (Å²) in [5, 5.41) is 9.95. The molecule has 0 bridgehead atoms. The lowest BCUT2D eigenvalue weighted by Crippen LogP contribution is -2.48. The van der Waals surface area contributed by atoms with Crippen LogP contribution in [0, 0.1) is 11.3 Å². The zero-order valence-electron chi connectivity index (χ0n) is 19.1. The van der Waals surface area contributed by atoms with Gasteiger partial charge in [-0.05, 0) is 62.3 Å². The van der Waals surface area contributed by atoms with Crippen LogP contribution in [-0.2, 0) is 11.2 Å². The van der Waals surface area contributed by atoms with E-state index in [0.717, 1.165) is 41.5 Å². The van der Waals surface area contributed by atoms with E-state index < -0.39 is 17.5 Å². The third-order valence-corrected chi connectivity index (χ3v) is 6.95. The Hall–Kier alpha value is -3.02. The molecule has 1 fully saturated rings. The van der Waals surface area contributed by atoms with Gasteiger partial charge in [0.05, 0.1) is 19.6 Å². The minimum absolute atomic E-state index is 0.143. The second-order valence-corrected chi connectivity index (χ2v) is 9.19. The van der Waals surface area contributed by atoms with Gasteiger partial charge in [-0.25, -0.2) is 0 Å². The first-order chi connectivity index (χ1) is 15.3. The molecule has 1 N–H and O–H groups in total. The van der Waals surface area contributed by atoms with Crippen molar-refractivity contribution in [3.05, 3.63) is 41.5 Å². The number of ketones is 1. The van der Waals surface area contributed by atoms with Crippen molar-refractivity contribution in [3.8, 4) is 28.4 Å². The topological polar surface area (TPSA) is 82.1 Å². The Morgan fingerprint density at radius 3 is 2.31 bits per heavy atom. The van der Waals surface area contributed by atoms with Crippen molar-refractivity contribution < 1.29 is 28.9 Å². The molecule has 4 rings (SSSR count). The average molecular weight is 439 g/mol. The van der Waals surface area contributed by atoms with E-state index in [1.807, 2.05) is 30.3 Å². The Balaban J connectivity index is 1.89. The molecule has 0 spiro atoms. The normalized spacial score (nSPS) is 16.8. The van der Waals surface area contributed by atoms with Crippen molar-refractivity contribution in [2.24, 2.45) is 11.3 Å². The number of ether oxygens (including phenoxy) is 3. The van der Waals surface area contributed by atoms with Gasteiger partial charge in [0.1, 0.15) is 6.10 Å². The van der Waals surface area contributed by atoms with Gasteiger partial charge in [0.2, 0.25) is 5.75 Å². The number of hydrogen-bond acceptors (Lipinski definition) is 5. The van der Waals surface area contributed by atoms with Crippen molar-refractivity contribution >= 4 is 11.8 Å². The summed E-state index contributed by atoms with van der Waals surface area (Å²) in [7, 11) is 3.11. The van der Waals surface area contributed by atoms with E-state index in [-0.39, 0.29) is 11.7 Å². The molecule has 1 saturated carbocycles. The Morgan fingerprint density at radius 1 is 1.00 bits per heavy atom. The lowest BCUT2D eigenvalue weighted by molar-refractivity contribution is -0.155. The second-order valence-electron chi connectivity index (χ2n) is 9.19. The van der Waals surface area contributed by atoms with Gasteiger partial charge in [-0.3, -0.25) is 9.59 Å². The average Bonchev–Trinajstić information content (AvgIpc) is 3.12. The highest BCUT2D eigenvalue weighted by Crippen LogP contribution is 2.50. The highest BCUT2D eigenvalue weighted by Gasteiger charge is 2.46. The van der Waals surface area contributed by atoms with Crippen LogP contribution in [0.4, 0.5) is 0 Å². The number of carboxylic acids is 1.